The van der Waals surface area contributed by atoms with Gasteiger partial charge in [-0.3, -0.25) is 4.90 Å². The first-order chi connectivity index (χ1) is 15.2. The number of aromatic carboxylic acids is 1. The third-order valence-corrected chi connectivity index (χ3v) is 6.36. The van der Waals surface area contributed by atoms with Gasteiger partial charge in [0, 0.05) is 25.2 Å². The number of rotatable bonds is 4. The van der Waals surface area contributed by atoms with E-state index in [4.69, 9.17) is 0 Å². The third kappa shape index (κ3) is 5.53. The summed E-state index contributed by atoms with van der Waals surface area (Å²) in [7, 11) is 0. The Labute approximate surface area is 186 Å². The van der Waals surface area contributed by atoms with E-state index in [2.05, 4.69) is 9.64 Å². The lowest BCUT2D eigenvalue weighted by Crippen LogP contribution is -2.54. The number of likely N-dealkylation sites (tertiary alicyclic amines) is 2. The fourth-order valence-electron chi connectivity index (χ4n) is 4.64. The smallest absolute Gasteiger partial charge is 0.434 e. The van der Waals surface area contributed by atoms with E-state index < -0.39 is 36.1 Å². The summed E-state index contributed by atoms with van der Waals surface area (Å²) in [6, 6.07) is 5.13. The van der Waals surface area contributed by atoms with Crippen molar-refractivity contribution in [2.24, 2.45) is 0 Å². The molecular weight excluding hydrogens is 458 g/mol. The molecule has 1 spiro atoms. The van der Waals surface area contributed by atoms with Crippen molar-refractivity contribution < 1.29 is 45.8 Å². The zero-order chi connectivity index (χ0) is 24.6. The van der Waals surface area contributed by atoms with E-state index >= 15 is 0 Å². The van der Waals surface area contributed by atoms with Gasteiger partial charge in [0.15, 0.2) is 0 Å². The Balaban J connectivity index is 1.68. The van der Waals surface area contributed by atoms with Gasteiger partial charge in [0.2, 0.25) is 0 Å². The highest BCUT2D eigenvalue weighted by atomic mass is 19.4. The summed E-state index contributed by atoms with van der Waals surface area (Å²) in [5.74, 6) is -1.05. The predicted molar refractivity (Wildman–Crippen MR) is 104 cm³/mol. The van der Waals surface area contributed by atoms with E-state index in [9.17, 15) is 41.0 Å². The molecule has 1 aromatic carbocycles. The van der Waals surface area contributed by atoms with E-state index in [1.165, 1.54) is 0 Å². The number of hydrogen-bond acceptors (Lipinski definition) is 4. The first kappa shape index (κ1) is 25.1. The average molecular weight is 482 g/mol. The van der Waals surface area contributed by atoms with Gasteiger partial charge in [-0.25, -0.2) is 9.59 Å². The second kappa shape index (κ2) is 9.03. The van der Waals surface area contributed by atoms with Crippen LogP contribution in [0.3, 0.4) is 0 Å². The molecule has 0 aromatic heterocycles. The Kier molecular flexibility index (Phi) is 6.88. The van der Waals surface area contributed by atoms with Gasteiger partial charge in [-0.2, -0.15) is 26.3 Å². The Hall–Kier alpha value is -2.50. The van der Waals surface area contributed by atoms with Crippen LogP contribution in [0.5, 0.6) is 0 Å². The molecule has 0 unspecified atom stereocenters. The third-order valence-electron chi connectivity index (χ3n) is 6.36. The summed E-state index contributed by atoms with van der Waals surface area (Å²) in [5.41, 5.74) is 1.19. The molecule has 2 aliphatic heterocycles. The number of ether oxygens (including phenoxy) is 1. The van der Waals surface area contributed by atoms with E-state index in [1.807, 2.05) is 0 Å². The van der Waals surface area contributed by atoms with Crippen LogP contribution in [0.2, 0.25) is 0 Å². The minimum atomic E-state index is -5.76. The van der Waals surface area contributed by atoms with Crippen LogP contribution in [0.4, 0.5) is 31.1 Å². The summed E-state index contributed by atoms with van der Waals surface area (Å²) in [6.45, 7) is 2.68. The molecule has 2 fully saturated rings. The number of carbonyl (C=O) groups is 2. The number of halogens is 6. The van der Waals surface area contributed by atoms with Crippen LogP contribution in [0.25, 0.3) is 0 Å². The van der Waals surface area contributed by atoms with Crippen LogP contribution in [0.15, 0.2) is 18.2 Å². The monoisotopic (exact) mass is 482 g/mol. The van der Waals surface area contributed by atoms with Crippen molar-refractivity contribution in [2.75, 3.05) is 19.6 Å². The van der Waals surface area contributed by atoms with Crippen molar-refractivity contribution in [3.05, 3.63) is 34.9 Å². The summed E-state index contributed by atoms with van der Waals surface area (Å²) in [5, 5.41) is 9.51. The van der Waals surface area contributed by atoms with Crippen molar-refractivity contribution >= 4 is 12.1 Å². The summed E-state index contributed by atoms with van der Waals surface area (Å²) < 4.78 is 80.0. The van der Waals surface area contributed by atoms with Crippen LogP contribution >= 0.6 is 0 Å². The number of carboxylic acid groups (broad SMARTS) is 1. The lowest BCUT2D eigenvalue weighted by atomic mass is 9.84. The maximum Gasteiger partial charge on any atom is 0.434 e. The molecule has 2 aliphatic rings. The molecule has 0 bridgehead atoms. The molecule has 6 nitrogen and oxygen atoms in total. The molecule has 0 atom stereocenters. The minimum Gasteiger partial charge on any atom is -0.478 e. The van der Waals surface area contributed by atoms with Crippen molar-refractivity contribution in [1.29, 1.82) is 0 Å². The van der Waals surface area contributed by atoms with Crippen LogP contribution in [0.1, 0.15) is 47.2 Å². The Morgan fingerprint density at radius 2 is 1.67 bits per heavy atom. The second-order valence-corrected chi connectivity index (χ2v) is 8.55. The van der Waals surface area contributed by atoms with E-state index in [0.29, 0.717) is 31.5 Å². The zero-order valence-corrected chi connectivity index (χ0v) is 17.8. The number of carbonyl (C=O) groups excluding carboxylic acids is 1. The van der Waals surface area contributed by atoms with Gasteiger partial charge >= 0.3 is 24.4 Å². The topological polar surface area (TPSA) is 70.1 Å². The molecule has 0 radical (unpaired) electrons. The van der Waals surface area contributed by atoms with Crippen molar-refractivity contribution in [2.45, 2.75) is 63.1 Å². The summed E-state index contributed by atoms with van der Waals surface area (Å²) >= 11 is 0. The Morgan fingerprint density at radius 1 is 1.06 bits per heavy atom. The fraction of sp³-hybridized carbons (Fsp3) is 0.619. The van der Waals surface area contributed by atoms with Gasteiger partial charge in [-0.05, 0) is 50.8 Å². The Bertz CT molecular complexity index is 880. The maximum absolute atomic E-state index is 12.7. The molecular formula is C21H24F6N2O4. The van der Waals surface area contributed by atoms with Gasteiger partial charge in [0.1, 0.15) is 0 Å². The molecule has 1 N–H and O–H groups in total. The Morgan fingerprint density at radius 3 is 2.21 bits per heavy atom. The number of benzene rings is 1. The average Bonchev–Trinajstić information content (AvgIpc) is 3.07. The molecule has 0 saturated carbocycles. The van der Waals surface area contributed by atoms with Crippen LogP contribution in [-0.2, 0) is 11.3 Å². The standard InChI is InChI=1S/C21H24F6N2O4/c1-13-3-4-14(15(11-13)16(30)31)12-29-8-2-5-19(29)6-9-28(10-7-19)18(32)33-17(20(22,23)24)21(25,26)27/h3-4,11,17H,2,5-10,12H2,1H3,(H,30,31). The number of piperidine rings is 1. The number of nitrogens with zero attached hydrogens (tertiary/aromatic N) is 2. The van der Waals surface area contributed by atoms with E-state index in [0.717, 1.165) is 23.3 Å². The first-order valence-corrected chi connectivity index (χ1v) is 10.4. The fourth-order valence-corrected chi connectivity index (χ4v) is 4.64. The summed E-state index contributed by atoms with van der Waals surface area (Å²) in [6.07, 6.45) is -15.1. The molecule has 1 aromatic rings. The molecule has 184 valence electrons. The van der Waals surface area contributed by atoms with Gasteiger partial charge in [-0.15, -0.1) is 0 Å². The molecule has 33 heavy (non-hydrogen) atoms. The van der Waals surface area contributed by atoms with Crippen LogP contribution in [0, 0.1) is 6.92 Å². The van der Waals surface area contributed by atoms with Gasteiger partial charge in [0.25, 0.3) is 6.10 Å². The first-order valence-electron chi connectivity index (χ1n) is 10.4. The number of alkyl halides is 6. The molecule has 0 aliphatic carbocycles. The minimum absolute atomic E-state index is 0.0581. The number of amides is 1. The second-order valence-electron chi connectivity index (χ2n) is 8.55. The predicted octanol–water partition coefficient (Wildman–Crippen LogP) is 4.75. The van der Waals surface area contributed by atoms with Gasteiger partial charge < -0.3 is 14.7 Å². The quantitative estimate of drug-likeness (QED) is 0.628. The van der Waals surface area contributed by atoms with Gasteiger partial charge in [0.05, 0.1) is 5.56 Å². The highest BCUT2D eigenvalue weighted by Gasteiger charge is 2.60. The maximum atomic E-state index is 12.7. The zero-order valence-electron chi connectivity index (χ0n) is 17.8. The lowest BCUT2D eigenvalue weighted by molar-refractivity contribution is -0.308. The highest BCUT2D eigenvalue weighted by Crippen LogP contribution is 2.41. The highest BCUT2D eigenvalue weighted by molar-refractivity contribution is 5.89. The number of hydrogen-bond donors (Lipinski definition) is 1. The molecule has 2 heterocycles. The molecule has 12 heteroatoms. The largest absolute Gasteiger partial charge is 0.478 e. The van der Waals surface area contributed by atoms with Gasteiger partial charge in [-0.1, -0.05) is 17.7 Å². The number of carboxylic acids is 1. The van der Waals surface area contributed by atoms with E-state index in [-0.39, 0.29) is 18.7 Å². The molecule has 2 saturated heterocycles. The van der Waals surface area contributed by atoms with Crippen molar-refractivity contribution in [3.8, 4) is 0 Å². The van der Waals surface area contributed by atoms with Crippen molar-refractivity contribution in [3.63, 3.8) is 0 Å². The van der Waals surface area contributed by atoms with Crippen LogP contribution < -0.4 is 0 Å². The van der Waals surface area contributed by atoms with Crippen LogP contribution in [-0.4, -0.2) is 70.6 Å². The van der Waals surface area contributed by atoms with E-state index in [1.54, 1.807) is 25.1 Å². The lowest BCUT2D eigenvalue weighted by Gasteiger charge is -2.45. The van der Waals surface area contributed by atoms with Crippen molar-refractivity contribution in [1.82, 2.24) is 9.80 Å². The number of aryl methyl sites for hydroxylation is 1. The molecule has 3 rings (SSSR count). The SMILES string of the molecule is Cc1ccc(CN2CCCC23CCN(C(=O)OC(C(F)(F)F)C(F)(F)F)CC3)c(C(=O)O)c1. The molecule has 1 amide bonds. The normalized spacial score (nSPS) is 19.3. The summed E-state index contributed by atoms with van der Waals surface area (Å²) in [4.78, 5) is 26.6.